The van der Waals surface area contributed by atoms with Crippen LogP contribution in [0.25, 0.3) is 11.3 Å². The van der Waals surface area contributed by atoms with Crippen molar-refractivity contribution in [3.63, 3.8) is 0 Å². The number of carbonyl (C=O) groups is 1. The Labute approximate surface area is 165 Å². The van der Waals surface area contributed by atoms with Gasteiger partial charge >= 0.3 is 0 Å². The van der Waals surface area contributed by atoms with Crippen LogP contribution in [0.15, 0.2) is 62.1 Å². The lowest BCUT2D eigenvalue weighted by Gasteiger charge is -2.25. The van der Waals surface area contributed by atoms with Gasteiger partial charge in [0.05, 0.1) is 12.3 Å². The highest BCUT2D eigenvalue weighted by Gasteiger charge is 2.26. The van der Waals surface area contributed by atoms with Gasteiger partial charge in [-0.05, 0) is 50.2 Å². The van der Waals surface area contributed by atoms with Crippen molar-refractivity contribution in [2.45, 2.75) is 18.9 Å². The lowest BCUT2D eigenvalue weighted by molar-refractivity contribution is 0.0925. The third-order valence-electron chi connectivity index (χ3n) is 4.78. The molecule has 3 heterocycles. The first-order valence-electron chi connectivity index (χ1n) is 8.99. The Bertz CT molecular complexity index is 884. The summed E-state index contributed by atoms with van der Waals surface area (Å²) in [6, 6.07) is 13.2. The van der Waals surface area contributed by atoms with Gasteiger partial charge in [0.25, 0.3) is 5.91 Å². The van der Waals surface area contributed by atoms with Crippen LogP contribution >= 0.6 is 15.9 Å². The van der Waals surface area contributed by atoms with E-state index in [0.29, 0.717) is 12.3 Å². The molecule has 0 spiro atoms. The maximum Gasteiger partial charge on any atom is 0.273 e. The van der Waals surface area contributed by atoms with Crippen molar-refractivity contribution in [3.8, 4) is 11.3 Å². The van der Waals surface area contributed by atoms with Gasteiger partial charge in [0.1, 0.15) is 5.76 Å². The summed E-state index contributed by atoms with van der Waals surface area (Å²) in [6.07, 6.45) is 4.01. The van der Waals surface area contributed by atoms with Crippen molar-refractivity contribution in [3.05, 3.63) is 64.7 Å². The number of rotatable bonds is 6. The van der Waals surface area contributed by atoms with Crippen molar-refractivity contribution >= 4 is 21.8 Å². The van der Waals surface area contributed by atoms with Crippen molar-refractivity contribution < 1.29 is 13.7 Å². The van der Waals surface area contributed by atoms with Crippen LogP contribution in [-0.4, -0.2) is 35.6 Å². The van der Waals surface area contributed by atoms with Crippen LogP contribution in [0.2, 0.25) is 0 Å². The van der Waals surface area contributed by atoms with E-state index in [9.17, 15) is 4.79 Å². The largest absolute Gasteiger partial charge is 0.468 e. The number of furan rings is 1. The third-order valence-corrected chi connectivity index (χ3v) is 5.31. The molecule has 1 aliphatic rings. The van der Waals surface area contributed by atoms with Crippen LogP contribution in [0.3, 0.4) is 0 Å². The van der Waals surface area contributed by atoms with Gasteiger partial charge in [-0.15, -0.1) is 0 Å². The first-order valence-corrected chi connectivity index (χ1v) is 9.78. The molecule has 1 amide bonds. The number of nitrogens with zero attached hydrogens (tertiary/aromatic N) is 2. The van der Waals surface area contributed by atoms with Gasteiger partial charge in [0, 0.05) is 22.6 Å². The Morgan fingerprint density at radius 3 is 2.70 bits per heavy atom. The Kier molecular flexibility index (Phi) is 5.40. The molecule has 140 valence electrons. The molecule has 3 aromatic rings. The summed E-state index contributed by atoms with van der Waals surface area (Å²) in [5, 5.41) is 6.88. The van der Waals surface area contributed by atoms with E-state index in [4.69, 9.17) is 8.94 Å². The normalized spacial score (nSPS) is 15.7. The summed E-state index contributed by atoms with van der Waals surface area (Å²) >= 11 is 3.40. The number of benzene rings is 1. The molecule has 0 unspecified atom stereocenters. The van der Waals surface area contributed by atoms with E-state index in [1.165, 1.54) is 12.8 Å². The van der Waals surface area contributed by atoms with Crippen LogP contribution in [0, 0.1) is 0 Å². The van der Waals surface area contributed by atoms with Gasteiger partial charge in [-0.1, -0.05) is 33.2 Å². The molecule has 1 aromatic carbocycles. The standard InChI is InChI=1S/C20H20BrN3O3/c21-15-7-5-14(6-8-15)19-12-16(23-27-19)20(25)22-13-17(18-4-3-11-26-18)24-9-1-2-10-24/h3-8,11-12,17H,1-2,9-10,13H2,(H,22,25)/t17-/m0/s1. The van der Waals surface area contributed by atoms with Crippen LogP contribution in [0.5, 0.6) is 0 Å². The number of carbonyl (C=O) groups excluding carboxylic acids is 1. The first kappa shape index (κ1) is 18.0. The zero-order chi connectivity index (χ0) is 18.6. The van der Waals surface area contributed by atoms with Crippen molar-refractivity contribution in [2.75, 3.05) is 19.6 Å². The Morgan fingerprint density at radius 2 is 2.00 bits per heavy atom. The molecule has 27 heavy (non-hydrogen) atoms. The lowest BCUT2D eigenvalue weighted by atomic mass is 10.1. The van der Waals surface area contributed by atoms with Crippen molar-refractivity contribution in [1.82, 2.24) is 15.4 Å². The number of halogens is 1. The molecule has 1 atom stereocenters. The zero-order valence-corrected chi connectivity index (χ0v) is 16.3. The second kappa shape index (κ2) is 8.10. The van der Waals surface area contributed by atoms with Gasteiger partial charge in [-0.25, -0.2) is 0 Å². The predicted octanol–water partition coefficient (Wildman–Crippen LogP) is 4.26. The molecular formula is C20H20BrN3O3. The number of hydrogen-bond acceptors (Lipinski definition) is 5. The minimum absolute atomic E-state index is 0.0318. The SMILES string of the molecule is O=C(NC[C@@H](c1ccco1)N1CCCC1)c1cc(-c2ccc(Br)cc2)on1. The Morgan fingerprint density at radius 1 is 1.22 bits per heavy atom. The summed E-state index contributed by atoms with van der Waals surface area (Å²) < 4.78 is 11.9. The quantitative estimate of drug-likeness (QED) is 0.633. The summed E-state index contributed by atoms with van der Waals surface area (Å²) in [4.78, 5) is 14.9. The monoisotopic (exact) mass is 429 g/mol. The fourth-order valence-corrected chi connectivity index (χ4v) is 3.62. The topological polar surface area (TPSA) is 71.5 Å². The zero-order valence-electron chi connectivity index (χ0n) is 14.7. The van der Waals surface area contributed by atoms with Crippen LogP contribution in [0.4, 0.5) is 0 Å². The summed E-state index contributed by atoms with van der Waals surface area (Å²) in [7, 11) is 0. The molecule has 0 bridgehead atoms. The molecule has 0 radical (unpaired) electrons. The smallest absolute Gasteiger partial charge is 0.273 e. The number of aromatic nitrogens is 1. The van der Waals surface area contributed by atoms with Gasteiger partial charge < -0.3 is 14.3 Å². The van der Waals surface area contributed by atoms with Crippen LogP contribution < -0.4 is 5.32 Å². The fourth-order valence-electron chi connectivity index (χ4n) is 3.36. The number of amides is 1. The summed E-state index contributed by atoms with van der Waals surface area (Å²) in [5.41, 5.74) is 1.14. The van der Waals surface area contributed by atoms with Gasteiger partial charge in [-0.3, -0.25) is 9.69 Å². The van der Waals surface area contributed by atoms with E-state index in [-0.39, 0.29) is 17.6 Å². The average Bonchev–Trinajstić information content (AvgIpc) is 3.44. The van der Waals surface area contributed by atoms with Crippen LogP contribution in [0.1, 0.15) is 35.1 Å². The summed E-state index contributed by atoms with van der Waals surface area (Å²) in [6.45, 7) is 2.49. The maximum absolute atomic E-state index is 12.5. The van der Waals surface area contributed by atoms with E-state index in [2.05, 4.69) is 31.3 Å². The molecular weight excluding hydrogens is 410 g/mol. The molecule has 6 nitrogen and oxygen atoms in total. The van der Waals surface area contributed by atoms with E-state index in [1.807, 2.05) is 36.4 Å². The predicted molar refractivity (Wildman–Crippen MR) is 104 cm³/mol. The van der Waals surface area contributed by atoms with Crippen molar-refractivity contribution in [2.24, 2.45) is 0 Å². The van der Waals surface area contributed by atoms with Gasteiger partial charge in [-0.2, -0.15) is 0 Å². The Hall–Kier alpha value is -2.38. The van der Waals surface area contributed by atoms with E-state index in [1.54, 1.807) is 12.3 Å². The molecule has 0 saturated carbocycles. The van der Waals surface area contributed by atoms with E-state index in [0.717, 1.165) is 28.9 Å². The molecule has 1 aliphatic heterocycles. The Balaban J connectivity index is 1.43. The maximum atomic E-state index is 12.5. The second-order valence-electron chi connectivity index (χ2n) is 6.57. The average molecular weight is 430 g/mol. The minimum Gasteiger partial charge on any atom is -0.468 e. The highest BCUT2D eigenvalue weighted by molar-refractivity contribution is 9.10. The van der Waals surface area contributed by atoms with Gasteiger partial charge in [0.15, 0.2) is 11.5 Å². The number of nitrogens with one attached hydrogen (secondary N) is 1. The highest BCUT2D eigenvalue weighted by Crippen LogP contribution is 2.25. The van der Waals surface area contributed by atoms with Gasteiger partial charge in [0.2, 0.25) is 0 Å². The van der Waals surface area contributed by atoms with E-state index >= 15 is 0 Å². The van der Waals surface area contributed by atoms with Crippen LogP contribution in [-0.2, 0) is 0 Å². The molecule has 1 N–H and O–H groups in total. The minimum atomic E-state index is -0.252. The highest BCUT2D eigenvalue weighted by atomic mass is 79.9. The molecule has 0 aliphatic carbocycles. The molecule has 7 heteroatoms. The molecule has 2 aromatic heterocycles. The lowest BCUT2D eigenvalue weighted by Crippen LogP contribution is -2.36. The summed E-state index contributed by atoms with van der Waals surface area (Å²) in [5.74, 6) is 1.18. The second-order valence-corrected chi connectivity index (χ2v) is 7.48. The van der Waals surface area contributed by atoms with Crippen molar-refractivity contribution in [1.29, 1.82) is 0 Å². The number of hydrogen-bond donors (Lipinski definition) is 1. The molecule has 4 rings (SSSR count). The fraction of sp³-hybridized carbons (Fsp3) is 0.300. The van der Waals surface area contributed by atoms with E-state index < -0.39 is 0 Å². The number of likely N-dealkylation sites (tertiary alicyclic amines) is 1. The first-order chi connectivity index (χ1) is 13.2. The third kappa shape index (κ3) is 4.14. The molecule has 1 fully saturated rings. The molecule has 1 saturated heterocycles.